The molecule has 2 unspecified atom stereocenters. The van der Waals surface area contributed by atoms with E-state index >= 15 is 0 Å². The third kappa shape index (κ3) is 4.49. The van der Waals surface area contributed by atoms with Crippen LogP contribution in [0.15, 0.2) is 24.3 Å². The number of halogens is 1. The highest BCUT2D eigenvalue weighted by molar-refractivity contribution is 6.09. The minimum absolute atomic E-state index is 0. The second-order valence-corrected chi connectivity index (χ2v) is 6.46. The average molecular weight is 369 g/mol. The highest BCUT2D eigenvalue weighted by Gasteiger charge is 2.49. The molecule has 0 aliphatic carbocycles. The molecule has 1 heterocycles. The summed E-state index contributed by atoms with van der Waals surface area (Å²) in [5.74, 6) is -0.680. The van der Waals surface area contributed by atoms with Gasteiger partial charge in [0.2, 0.25) is 5.91 Å². The second-order valence-electron chi connectivity index (χ2n) is 6.46. The van der Waals surface area contributed by atoms with Crippen LogP contribution in [0.25, 0.3) is 0 Å². The molecule has 1 aliphatic rings. The molecule has 0 spiro atoms. The Morgan fingerprint density at radius 3 is 2.48 bits per heavy atom. The Hall–Kier alpha value is -2.12. The summed E-state index contributed by atoms with van der Waals surface area (Å²) in [6.07, 6.45) is 0. The summed E-state index contributed by atoms with van der Waals surface area (Å²) in [5, 5.41) is 5.37. The summed E-state index contributed by atoms with van der Waals surface area (Å²) in [6.45, 7) is 6.06. The number of urea groups is 1. The Morgan fingerprint density at radius 1 is 1.32 bits per heavy atom. The third-order valence-electron chi connectivity index (χ3n) is 4.26. The maximum Gasteiger partial charge on any atom is 0.325 e. The van der Waals surface area contributed by atoms with E-state index in [0.29, 0.717) is 18.7 Å². The number of imide groups is 1. The van der Waals surface area contributed by atoms with Crippen molar-refractivity contribution in [1.29, 1.82) is 0 Å². The van der Waals surface area contributed by atoms with Gasteiger partial charge >= 0.3 is 6.03 Å². The van der Waals surface area contributed by atoms with Crippen LogP contribution in [0.1, 0.15) is 25.0 Å². The van der Waals surface area contributed by atoms with Crippen molar-refractivity contribution < 1.29 is 14.4 Å². The number of aryl methyl sites for hydroxylation is 1. The van der Waals surface area contributed by atoms with Gasteiger partial charge in [0.1, 0.15) is 12.1 Å². The van der Waals surface area contributed by atoms with Crippen LogP contribution in [0.5, 0.6) is 0 Å². The Morgan fingerprint density at radius 2 is 1.92 bits per heavy atom. The lowest BCUT2D eigenvalue weighted by molar-refractivity contribution is -0.134. The summed E-state index contributed by atoms with van der Waals surface area (Å²) in [5.41, 5.74) is 6.09. The zero-order valence-corrected chi connectivity index (χ0v) is 15.5. The molecule has 2 atom stereocenters. The van der Waals surface area contributed by atoms with E-state index in [1.165, 1.54) is 0 Å². The molecule has 1 aromatic rings. The van der Waals surface area contributed by atoms with Gasteiger partial charge in [-0.15, -0.1) is 12.4 Å². The number of amides is 4. The molecule has 138 valence electrons. The van der Waals surface area contributed by atoms with E-state index in [-0.39, 0.29) is 30.8 Å². The maximum absolute atomic E-state index is 12.7. The van der Waals surface area contributed by atoms with E-state index < -0.39 is 17.5 Å². The molecule has 0 radical (unpaired) electrons. The third-order valence-corrected chi connectivity index (χ3v) is 4.26. The minimum atomic E-state index is -1.16. The first kappa shape index (κ1) is 20.9. The van der Waals surface area contributed by atoms with E-state index in [1.54, 1.807) is 19.1 Å². The molecule has 7 nitrogen and oxygen atoms in total. The first-order chi connectivity index (χ1) is 11.3. The summed E-state index contributed by atoms with van der Waals surface area (Å²) >= 11 is 0. The standard InChI is InChI=1S/C17H24N4O3.ClH/c1-11-4-6-13(7-5-11)17(3)15(23)21(16(24)20-17)10-14(22)19-9-12(2)8-18;/h4-7,12H,8-10,18H2,1-3H3,(H,19,22)(H,20,24);1H. The largest absolute Gasteiger partial charge is 0.354 e. The molecule has 0 saturated carbocycles. The van der Waals surface area contributed by atoms with Crippen molar-refractivity contribution in [3.05, 3.63) is 35.4 Å². The number of carbonyl (C=O) groups is 3. The highest BCUT2D eigenvalue weighted by atomic mass is 35.5. The Labute approximate surface area is 153 Å². The maximum atomic E-state index is 12.7. The quantitative estimate of drug-likeness (QED) is 0.648. The molecular formula is C17H25ClN4O3. The van der Waals surface area contributed by atoms with Crippen LogP contribution in [0.4, 0.5) is 4.79 Å². The normalized spacial score (nSPS) is 20.7. The Balaban J connectivity index is 0.00000312. The number of hydrogen-bond acceptors (Lipinski definition) is 4. The van der Waals surface area contributed by atoms with Gasteiger partial charge in [0.15, 0.2) is 0 Å². The zero-order valence-electron chi connectivity index (χ0n) is 14.7. The van der Waals surface area contributed by atoms with Crippen molar-refractivity contribution in [3.8, 4) is 0 Å². The first-order valence-electron chi connectivity index (χ1n) is 7.96. The van der Waals surface area contributed by atoms with Gasteiger partial charge in [-0.1, -0.05) is 36.8 Å². The monoisotopic (exact) mass is 368 g/mol. The fraction of sp³-hybridized carbons (Fsp3) is 0.471. The van der Waals surface area contributed by atoms with Crippen LogP contribution in [-0.4, -0.2) is 42.4 Å². The number of rotatable bonds is 6. The van der Waals surface area contributed by atoms with Crippen molar-refractivity contribution >= 4 is 30.3 Å². The summed E-state index contributed by atoms with van der Waals surface area (Å²) in [4.78, 5) is 37.8. The molecule has 4 amide bonds. The van der Waals surface area contributed by atoms with Gasteiger partial charge in [-0.2, -0.15) is 0 Å². The molecular weight excluding hydrogens is 344 g/mol. The average Bonchev–Trinajstić information content (AvgIpc) is 2.77. The molecule has 1 saturated heterocycles. The minimum Gasteiger partial charge on any atom is -0.354 e. The number of nitrogens with one attached hydrogen (secondary N) is 2. The zero-order chi connectivity index (χ0) is 17.9. The van der Waals surface area contributed by atoms with Gasteiger partial charge in [-0.3, -0.25) is 14.5 Å². The second kappa shape index (κ2) is 8.31. The topological polar surface area (TPSA) is 105 Å². The molecule has 1 aromatic carbocycles. The van der Waals surface area contributed by atoms with Crippen LogP contribution in [0.3, 0.4) is 0 Å². The van der Waals surface area contributed by atoms with Gasteiger partial charge in [0.05, 0.1) is 0 Å². The van der Waals surface area contributed by atoms with Crippen LogP contribution in [-0.2, 0) is 15.1 Å². The Kier molecular flexibility index (Phi) is 6.96. The van der Waals surface area contributed by atoms with E-state index in [0.717, 1.165) is 10.5 Å². The fourth-order valence-corrected chi connectivity index (χ4v) is 2.49. The van der Waals surface area contributed by atoms with Crippen molar-refractivity contribution in [2.75, 3.05) is 19.6 Å². The summed E-state index contributed by atoms with van der Waals surface area (Å²) in [6, 6.07) is 6.80. The van der Waals surface area contributed by atoms with Gasteiger partial charge in [0.25, 0.3) is 5.91 Å². The molecule has 25 heavy (non-hydrogen) atoms. The van der Waals surface area contributed by atoms with Crippen LogP contribution >= 0.6 is 12.4 Å². The smallest absolute Gasteiger partial charge is 0.325 e. The fourth-order valence-electron chi connectivity index (χ4n) is 2.49. The highest BCUT2D eigenvalue weighted by Crippen LogP contribution is 2.28. The van der Waals surface area contributed by atoms with Crippen molar-refractivity contribution in [1.82, 2.24) is 15.5 Å². The summed E-state index contributed by atoms with van der Waals surface area (Å²) < 4.78 is 0. The lowest BCUT2D eigenvalue weighted by atomic mass is 9.91. The number of nitrogens with two attached hydrogens (primary N) is 1. The number of hydrogen-bond donors (Lipinski definition) is 3. The number of carbonyl (C=O) groups excluding carboxylic acids is 3. The molecule has 1 fully saturated rings. The summed E-state index contributed by atoms with van der Waals surface area (Å²) in [7, 11) is 0. The lowest BCUT2D eigenvalue weighted by Crippen LogP contribution is -2.44. The van der Waals surface area contributed by atoms with Crippen LogP contribution in [0, 0.1) is 12.8 Å². The predicted octanol–water partition coefficient (Wildman–Crippen LogP) is 0.895. The van der Waals surface area contributed by atoms with Crippen molar-refractivity contribution in [3.63, 3.8) is 0 Å². The van der Waals surface area contributed by atoms with E-state index in [1.807, 2.05) is 26.0 Å². The van der Waals surface area contributed by atoms with E-state index in [2.05, 4.69) is 10.6 Å². The van der Waals surface area contributed by atoms with Crippen LogP contribution in [0.2, 0.25) is 0 Å². The van der Waals surface area contributed by atoms with Gasteiger partial charge in [-0.05, 0) is 31.9 Å². The van der Waals surface area contributed by atoms with E-state index in [9.17, 15) is 14.4 Å². The molecule has 2 rings (SSSR count). The van der Waals surface area contributed by atoms with Gasteiger partial charge in [0, 0.05) is 6.54 Å². The van der Waals surface area contributed by atoms with Gasteiger partial charge < -0.3 is 16.4 Å². The van der Waals surface area contributed by atoms with E-state index in [4.69, 9.17) is 5.73 Å². The predicted molar refractivity (Wildman–Crippen MR) is 97.3 cm³/mol. The Bertz CT molecular complexity index is 650. The lowest BCUT2D eigenvalue weighted by Gasteiger charge is -2.22. The number of benzene rings is 1. The first-order valence-corrected chi connectivity index (χ1v) is 7.96. The molecule has 1 aliphatic heterocycles. The molecule has 0 aromatic heterocycles. The van der Waals surface area contributed by atoms with Crippen molar-refractivity contribution in [2.24, 2.45) is 11.7 Å². The molecule has 8 heteroatoms. The SMILES string of the molecule is Cc1ccc(C2(C)NC(=O)N(CC(=O)NCC(C)CN)C2=O)cc1.Cl. The molecule has 0 bridgehead atoms. The van der Waals surface area contributed by atoms with Gasteiger partial charge in [-0.25, -0.2) is 4.79 Å². The molecule has 4 N–H and O–H groups in total. The van der Waals surface area contributed by atoms with Crippen LogP contribution < -0.4 is 16.4 Å². The number of nitrogens with zero attached hydrogens (tertiary/aromatic N) is 1. The van der Waals surface area contributed by atoms with Crippen molar-refractivity contribution in [2.45, 2.75) is 26.3 Å².